The number of carbonyl (C=O) groups is 1. The van der Waals surface area contributed by atoms with Crippen LogP contribution >= 0.6 is 0 Å². The largest absolute Gasteiger partial charge is 0.397 e. The number of aromatic amines is 1. The summed E-state index contributed by atoms with van der Waals surface area (Å²) in [6.07, 6.45) is 3.11. The van der Waals surface area contributed by atoms with E-state index in [9.17, 15) is 4.79 Å². The van der Waals surface area contributed by atoms with Gasteiger partial charge >= 0.3 is 0 Å². The topological polar surface area (TPSA) is 95.8 Å². The van der Waals surface area contributed by atoms with Crippen molar-refractivity contribution in [1.82, 2.24) is 15.5 Å². The maximum Gasteiger partial charge on any atom is 0.221 e. The lowest BCUT2D eigenvalue weighted by Crippen LogP contribution is -2.25. The molecule has 6 nitrogen and oxygen atoms in total. The van der Waals surface area contributed by atoms with Gasteiger partial charge in [-0.05, 0) is 18.6 Å². The summed E-state index contributed by atoms with van der Waals surface area (Å²) in [6, 6.07) is 3.76. The average Bonchev–Trinajstić information content (AvgIpc) is 2.83. The molecule has 1 aromatic heterocycles. The van der Waals surface area contributed by atoms with Crippen LogP contribution in [0.5, 0.6) is 0 Å². The van der Waals surface area contributed by atoms with Crippen LogP contribution in [0, 0.1) is 0 Å². The van der Waals surface area contributed by atoms with Crippen LogP contribution in [0.3, 0.4) is 0 Å². The summed E-state index contributed by atoms with van der Waals surface area (Å²) in [5.41, 5.74) is 8.34. The van der Waals surface area contributed by atoms with Crippen molar-refractivity contribution in [2.45, 2.75) is 19.8 Å². The maximum absolute atomic E-state index is 11.4. The number of anilines is 2. The first kappa shape index (κ1) is 13.2. The van der Waals surface area contributed by atoms with Crippen LogP contribution < -0.4 is 16.4 Å². The Hall–Kier alpha value is -2.24. The van der Waals surface area contributed by atoms with Crippen LogP contribution in [0.25, 0.3) is 10.9 Å². The van der Waals surface area contributed by atoms with Crippen LogP contribution in [0.2, 0.25) is 0 Å². The molecule has 0 saturated heterocycles. The summed E-state index contributed by atoms with van der Waals surface area (Å²) in [5.74, 6) is 0.0514. The van der Waals surface area contributed by atoms with Gasteiger partial charge < -0.3 is 16.4 Å². The van der Waals surface area contributed by atoms with E-state index in [1.54, 1.807) is 6.20 Å². The minimum absolute atomic E-state index is 0.0514. The van der Waals surface area contributed by atoms with Gasteiger partial charge in [-0.15, -0.1) is 0 Å². The molecule has 0 atom stereocenters. The Bertz CT molecular complexity index is 563. The monoisotopic (exact) mass is 261 g/mol. The number of H-pyrrole nitrogens is 1. The Morgan fingerprint density at radius 2 is 2.26 bits per heavy atom. The number of nitrogen functional groups attached to an aromatic ring is 1. The number of carbonyl (C=O) groups excluding carboxylic acids is 1. The smallest absolute Gasteiger partial charge is 0.221 e. The number of aromatic nitrogens is 2. The number of nitrogens with zero attached hydrogens (tertiary/aromatic N) is 1. The SMILES string of the molecule is CCCNC(=O)CCNc1cc2[nH]ncc2cc1N. The highest BCUT2D eigenvalue weighted by atomic mass is 16.1. The Balaban J connectivity index is 1.90. The van der Waals surface area contributed by atoms with Crippen molar-refractivity contribution in [2.24, 2.45) is 0 Å². The third kappa shape index (κ3) is 3.37. The first-order chi connectivity index (χ1) is 9.20. The van der Waals surface area contributed by atoms with Gasteiger partial charge in [-0.1, -0.05) is 6.92 Å². The molecule has 0 unspecified atom stereocenters. The molecule has 102 valence electrons. The molecule has 2 rings (SSSR count). The number of rotatable bonds is 6. The van der Waals surface area contributed by atoms with Gasteiger partial charge in [-0.3, -0.25) is 9.89 Å². The standard InChI is InChI=1S/C13H19N5O/c1-2-4-16-13(19)3-5-15-12-7-11-9(6-10(12)14)8-17-18-11/h6-8,15H,2-5,14H2,1H3,(H,16,19)(H,17,18). The van der Waals surface area contributed by atoms with Crippen molar-refractivity contribution in [3.8, 4) is 0 Å². The van der Waals surface area contributed by atoms with E-state index in [4.69, 9.17) is 5.73 Å². The summed E-state index contributed by atoms with van der Waals surface area (Å²) in [5, 5.41) is 13.8. The van der Waals surface area contributed by atoms with Crippen LogP contribution in [-0.4, -0.2) is 29.2 Å². The van der Waals surface area contributed by atoms with Crippen molar-refractivity contribution in [1.29, 1.82) is 0 Å². The minimum Gasteiger partial charge on any atom is -0.397 e. The molecule has 1 amide bonds. The van der Waals surface area contributed by atoms with Crippen molar-refractivity contribution in [3.05, 3.63) is 18.3 Å². The molecule has 0 aliphatic heterocycles. The maximum atomic E-state index is 11.4. The second kappa shape index (κ2) is 6.08. The third-order valence-electron chi connectivity index (χ3n) is 2.85. The van der Waals surface area contributed by atoms with Gasteiger partial charge in [0, 0.05) is 24.9 Å². The van der Waals surface area contributed by atoms with E-state index in [-0.39, 0.29) is 5.91 Å². The first-order valence-electron chi connectivity index (χ1n) is 6.44. The van der Waals surface area contributed by atoms with Crippen molar-refractivity contribution in [2.75, 3.05) is 24.1 Å². The summed E-state index contributed by atoms with van der Waals surface area (Å²) < 4.78 is 0. The van der Waals surface area contributed by atoms with E-state index < -0.39 is 0 Å². The van der Waals surface area contributed by atoms with Gasteiger partial charge in [0.05, 0.1) is 23.1 Å². The molecule has 5 N–H and O–H groups in total. The quantitative estimate of drug-likeness (QED) is 0.592. The highest BCUT2D eigenvalue weighted by molar-refractivity contribution is 5.88. The van der Waals surface area contributed by atoms with E-state index in [0.717, 1.165) is 29.6 Å². The van der Waals surface area contributed by atoms with E-state index in [2.05, 4.69) is 20.8 Å². The summed E-state index contributed by atoms with van der Waals surface area (Å²) in [7, 11) is 0. The number of hydrogen-bond donors (Lipinski definition) is 4. The predicted octanol–water partition coefficient (Wildman–Crippen LogP) is 1.47. The van der Waals surface area contributed by atoms with E-state index in [1.165, 1.54) is 0 Å². The molecule has 0 bridgehead atoms. The molecule has 19 heavy (non-hydrogen) atoms. The van der Waals surface area contributed by atoms with Gasteiger partial charge in [0.2, 0.25) is 5.91 Å². The van der Waals surface area contributed by atoms with Crippen molar-refractivity contribution >= 4 is 28.2 Å². The number of amides is 1. The zero-order chi connectivity index (χ0) is 13.7. The summed E-state index contributed by atoms with van der Waals surface area (Å²) >= 11 is 0. The second-order valence-electron chi connectivity index (χ2n) is 4.42. The highest BCUT2D eigenvalue weighted by Crippen LogP contribution is 2.24. The first-order valence-corrected chi connectivity index (χ1v) is 6.44. The minimum atomic E-state index is 0.0514. The number of hydrogen-bond acceptors (Lipinski definition) is 4. The van der Waals surface area contributed by atoms with Gasteiger partial charge in [0.1, 0.15) is 0 Å². The number of nitrogens with one attached hydrogen (secondary N) is 3. The molecule has 1 heterocycles. The summed E-state index contributed by atoms with van der Waals surface area (Å²) in [4.78, 5) is 11.4. The Morgan fingerprint density at radius 3 is 3.05 bits per heavy atom. The third-order valence-corrected chi connectivity index (χ3v) is 2.85. The zero-order valence-electron chi connectivity index (χ0n) is 11.0. The molecular weight excluding hydrogens is 242 g/mol. The Morgan fingerprint density at radius 1 is 1.42 bits per heavy atom. The molecule has 1 aromatic carbocycles. The Kier molecular flexibility index (Phi) is 4.22. The van der Waals surface area contributed by atoms with Crippen molar-refractivity contribution in [3.63, 3.8) is 0 Å². The lowest BCUT2D eigenvalue weighted by molar-refractivity contribution is -0.120. The van der Waals surface area contributed by atoms with Crippen molar-refractivity contribution < 1.29 is 4.79 Å². The van der Waals surface area contributed by atoms with Gasteiger partial charge in [-0.2, -0.15) is 5.10 Å². The van der Waals surface area contributed by atoms with Crippen LogP contribution in [0.1, 0.15) is 19.8 Å². The predicted molar refractivity (Wildman–Crippen MR) is 76.9 cm³/mol. The number of nitrogens with two attached hydrogens (primary N) is 1. The van der Waals surface area contributed by atoms with Gasteiger partial charge in [0.25, 0.3) is 0 Å². The molecule has 0 spiro atoms. The van der Waals surface area contributed by atoms with Gasteiger partial charge in [0.15, 0.2) is 0 Å². The van der Waals surface area contributed by atoms with Crippen LogP contribution in [0.15, 0.2) is 18.3 Å². The second-order valence-corrected chi connectivity index (χ2v) is 4.42. The molecule has 0 aliphatic carbocycles. The van der Waals surface area contributed by atoms with E-state index in [0.29, 0.717) is 18.7 Å². The molecule has 0 aliphatic rings. The van der Waals surface area contributed by atoms with Crippen LogP contribution in [0.4, 0.5) is 11.4 Å². The molecule has 0 saturated carbocycles. The number of fused-ring (bicyclic) bond motifs is 1. The lowest BCUT2D eigenvalue weighted by atomic mass is 10.2. The van der Waals surface area contributed by atoms with E-state index in [1.807, 2.05) is 19.1 Å². The summed E-state index contributed by atoms with van der Waals surface area (Å²) in [6.45, 7) is 3.30. The normalized spacial score (nSPS) is 10.6. The fraction of sp³-hybridized carbons (Fsp3) is 0.385. The molecular formula is C13H19N5O. The lowest BCUT2D eigenvalue weighted by Gasteiger charge is -2.09. The fourth-order valence-electron chi connectivity index (χ4n) is 1.83. The Labute approximate surface area is 111 Å². The molecule has 2 aromatic rings. The number of benzene rings is 1. The average molecular weight is 261 g/mol. The van der Waals surface area contributed by atoms with Gasteiger partial charge in [-0.25, -0.2) is 0 Å². The molecule has 0 radical (unpaired) electrons. The van der Waals surface area contributed by atoms with Crippen LogP contribution in [-0.2, 0) is 4.79 Å². The fourth-order valence-corrected chi connectivity index (χ4v) is 1.83. The molecule has 6 heteroatoms. The molecule has 0 fully saturated rings. The highest BCUT2D eigenvalue weighted by Gasteiger charge is 2.04. The van der Waals surface area contributed by atoms with E-state index >= 15 is 0 Å². The zero-order valence-corrected chi connectivity index (χ0v) is 11.0.